The minimum atomic E-state index is -5.11. The third-order valence-electron chi connectivity index (χ3n) is 8.61. The SMILES string of the molecule is CCCCC/C=C\C/C=C\C/C=C\C/C=C\CCCC(=O)C(C[N+](C)(C)C)(OP(=O)(O)O)C(=O)CCCCCCCCCCCCCCC. The van der Waals surface area contributed by atoms with Crippen molar-refractivity contribution in [2.24, 2.45) is 0 Å². The van der Waals surface area contributed by atoms with Gasteiger partial charge in [0.05, 0.1) is 21.1 Å². The molecule has 2 N–H and O–H groups in total. The van der Waals surface area contributed by atoms with Crippen molar-refractivity contribution < 1.29 is 32.9 Å². The zero-order valence-electron chi connectivity index (χ0n) is 32.2. The van der Waals surface area contributed by atoms with Crippen molar-refractivity contribution in [3.8, 4) is 0 Å². The Morgan fingerprint density at radius 2 is 0.898 bits per heavy atom. The molecule has 0 aliphatic rings. The number of unbranched alkanes of at least 4 members (excludes halogenated alkanes) is 16. The number of hydrogen-bond acceptors (Lipinski definition) is 4. The number of rotatable bonds is 34. The second kappa shape index (κ2) is 30.0. The average Bonchev–Trinajstić information content (AvgIpc) is 3.02. The molecule has 0 rings (SSSR count). The zero-order chi connectivity index (χ0) is 36.7. The van der Waals surface area contributed by atoms with Crippen LogP contribution in [0.1, 0.15) is 168 Å². The fraction of sp³-hybridized carbons (Fsp3) is 0.756. The Hall–Kier alpha value is -1.63. The van der Waals surface area contributed by atoms with E-state index in [1.165, 1.54) is 77.0 Å². The lowest BCUT2D eigenvalue weighted by molar-refractivity contribution is -0.874. The molecule has 0 saturated heterocycles. The molecule has 0 aliphatic carbocycles. The molecule has 284 valence electrons. The molecule has 49 heavy (non-hydrogen) atoms. The highest BCUT2D eigenvalue weighted by atomic mass is 31.2. The molecule has 0 fully saturated rings. The van der Waals surface area contributed by atoms with Crippen LogP contribution in [0.3, 0.4) is 0 Å². The van der Waals surface area contributed by atoms with Crippen molar-refractivity contribution >= 4 is 19.4 Å². The molecule has 0 heterocycles. The van der Waals surface area contributed by atoms with Gasteiger partial charge in [0.2, 0.25) is 5.60 Å². The average molecular weight is 709 g/mol. The maximum absolute atomic E-state index is 13.6. The summed E-state index contributed by atoms with van der Waals surface area (Å²) in [5, 5.41) is 0. The van der Waals surface area contributed by atoms with Gasteiger partial charge in [-0.1, -0.05) is 152 Å². The number of quaternary nitrogens is 1. The maximum atomic E-state index is 13.6. The van der Waals surface area contributed by atoms with E-state index in [0.717, 1.165) is 44.9 Å². The molecule has 1 unspecified atom stereocenters. The van der Waals surface area contributed by atoms with Gasteiger partial charge in [0.25, 0.3) is 0 Å². The number of phosphoric ester groups is 1. The Morgan fingerprint density at radius 1 is 0.551 bits per heavy atom. The van der Waals surface area contributed by atoms with E-state index in [0.29, 0.717) is 19.3 Å². The number of phosphoric acid groups is 1. The Kier molecular flexibility index (Phi) is 29.0. The van der Waals surface area contributed by atoms with Crippen LogP contribution in [-0.4, -0.2) is 59.1 Å². The lowest BCUT2D eigenvalue weighted by Crippen LogP contribution is -2.59. The Bertz CT molecular complexity index is 1010. The monoisotopic (exact) mass is 709 g/mol. The number of ketones is 2. The van der Waals surface area contributed by atoms with Gasteiger partial charge in [-0.3, -0.25) is 14.1 Å². The fourth-order valence-corrected chi connectivity index (χ4v) is 6.65. The van der Waals surface area contributed by atoms with E-state index in [1.54, 1.807) is 21.1 Å². The highest BCUT2D eigenvalue weighted by Crippen LogP contribution is 2.44. The topological polar surface area (TPSA) is 101 Å². The molecule has 0 aromatic rings. The van der Waals surface area contributed by atoms with Crippen molar-refractivity contribution in [1.82, 2.24) is 0 Å². The summed E-state index contributed by atoms with van der Waals surface area (Å²) in [5.74, 6) is -1.06. The van der Waals surface area contributed by atoms with Crippen molar-refractivity contribution in [2.75, 3.05) is 27.7 Å². The third-order valence-corrected chi connectivity index (χ3v) is 9.16. The lowest BCUT2D eigenvalue weighted by atomic mass is 9.86. The number of nitrogens with zero attached hydrogens (tertiary/aromatic N) is 1. The predicted octanol–water partition coefficient (Wildman–Crippen LogP) is 11.3. The molecule has 0 saturated carbocycles. The first-order chi connectivity index (χ1) is 23.4. The number of Topliss-reactive ketones (excluding diaryl/α,β-unsaturated/α-hetero) is 2. The van der Waals surface area contributed by atoms with Crippen molar-refractivity contribution in [1.29, 1.82) is 0 Å². The number of likely N-dealkylation sites (N-methyl/N-ethyl adjacent to an activating group) is 1. The van der Waals surface area contributed by atoms with Crippen LogP contribution in [0.4, 0.5) is 0 Å². The lowest BCUT2D eigenvalue weighted by Gasteiger charge is -2.37. The summed E-state index contributed by atoms with van der Waals surface area (Å²) in [7, 11) is 0.270. The summed E-state index contributed by atoms with van der Waals surface area (Å²) in [6.07, 6.45) is 41.2. The molecular formula is C41H75NO6P+. The number of carbonyl (C=O) groups excluding carboxylic acids is 2. The minimum Gasteiger partial charge on any atom is -0.328 e. The molecule has 0 aromatic heterocycles. The van der Waals surface area contributed by atoms with Crippen LogP contribution in [0.15, 0.2) is 48.6 Å². The highest BCUT2D eigenvalue weighted by Gasteiger charge is 2.53. The van der Waals surface area contributed by atoms with Crippen LogP contribution in [0.25, 0.3) is 0 Å². The predicted molar refractivity (Wildman–Crippen MR) is 207 cm³/mol. The normalized spacial score (nSPS) is 14.2. The Morgan fingerprint density at radius 3 is 1.31 bits per heavy atom. The van der Waals surface area contributed by atoms with Gasteiger partial charge >= 0.3 is 7.82 Å². The summed E-state index contributed by atoms with van der Waals surface area (Å²) in [4.78, 5) is 46.8. The Labute approximate surface area is 301 Å². The van der Waals surface area contributed by atoms with Crippen molar-refractivity contribution in [3.63, 3.8) is 0 Å². The van der Waals surface area contributed by atoms with E-state index in [1.807, 2.05) is 6.08 Å². The second-order valence-electron chi connectivity index (χ2n) is 14.7. The van der Waals surface area contributed by atoms with Crippen LogP contribution in [0.5, 0.6) is 0 Å². The van der Waals surface area contributed by atoms with Gasteiger partial charge in [-0.2, -0.15) is 0 Å². The van der Waals surface area contributed by atoms with Gasteiger partial charge in [-0.25, -0.2) is 4.57 Å². The summed E-state index contributed by atoms with van der Waals surface area (Å²) < 4.78 is 17.4. The van der Waals surface area contributed by atoms with E-state index in [-0.39, 0.29) is 23.9 Å². The van der Waals surface area contributed by atoms with E-state index in [2.05, 4.69) is 56.4 Å². The molecule has 0 bridgehead atoms. The van der Waals surface area contributed by atoms with Crippen LogP contribution >= 0.6 is 7.82 Å². The summed E-state index contributed by atoms with van der Waals surface area (Å²) in [6, 6.07) is 0. The number of hydrogen-bond donors (Lipinski definition) is 2. The van der Waals surface area contributed by atoms with Gasteiger partial charge in [0, 0.05) is 12.8 Å². The molecule has 0 radical (unpaired) electrons. The Balaban J connectivity index is 4.76. The molecular weight excluding hydrogens is 633 g/mol. The third kappa shape index (κ3) is 28.7. The van der Waals surface area contributed by atoms with Gasteiger partial charge < -0.3 is 14.3 Å². The standard InChI is InChI=1S/C41H74NO6P/c1-6-8-10-12-14-16-18-20-21-22-23-25-27-29-31-33-35-37-40(44)41(38-42(3,4)5,48-49(45,46)47)39(43)36-34-32-30-28-26-24-19-17-15-13-11-9-7-2/h14,16,20-21,23,25,29,31H,6-13,15,17-19,22,24,26-28,30,32-38H2,1-5H3,(H-,45,46,47)/p+1/b16-14-,21-20-,25-23-,31-29-. The fourth-order valence-electron chi connectivity index (χ4n) is 5.98. The van der Waals surface area contributed by atoms with Gasteiger partial charge in [-0.05, 0) is 51.4 Å². The summed E-state index contributed by atoms with van der Waals surface area (Å²) in [6.45, 7) is 4.33. The number of allylic oxidation sites excluding steroid dienone is 8. The van der Waals surface area contributed by atoms with Gasteiger partial charge in [-0.15, -0.1) is 0 Å². The van der Waals surface area contributed by atoms with E-state index >= 15 is 0 Å². The van der Waals surface area contributed by atoms with Crippen molar-refractivity contribution in [2.45, 2.75) is 174 Å². The minimum absolute atomic E-state index is 0.0162. The summed E-state index contributed by atoms with van der Waals surface area (Å²) >= 11 is 0. The van der Waals surface area contributed by atoms with Crippen LogP contribution < -0.4 is 0 Å². The highest BCUT2D eigenvalue weighted by molar-refractivity contribution is 7.46. The molecule has 8 heteroatoms. The van der Waals surface area contributed by atoms with E-state index in [4.69, 9.17) is 4.52 Å². The second-order valence-corrected chi connectivity index (χ2v) is 15.8. The van der Waals surface area contributed by atoms with E-state index < -0.39 is 25.0 Å². The van der Waals surface area contributed by atoms with Crippen LogP contribution in [-0.2, 0) is 18.7 Å². The molecule has 0 spiro atoms. The largest absolute Gasteiger partial charge is 0.471 e. The van der Waals surface area contributed by atoms with Gasteiger partial charge in [0.1, 0.15) is 6.54 Å². The molecule has 7 nitrogen and oxygen atoms in total. The van der Waals surface area contributed by atoms with Gasteiger partial charge in [0.15, 0.2) is 11.6 Å². The van der Waals surface area contributed by atoms with Crippen LogP contribution in [0, 0.1) is 0 Å². The zero-order valence-corrected chi connectivity index (χ0v) is 33.1. The van der Waals surface area contributed by atoms with Crippen molar-refractivity contribution in [3.05, 3.63) is 48.6 Å². The molecule has 0 aliphatic heterocycles. The first kappa shape index (κ1) is 47.4. The molecule has 0 aromatic carbocycles. The smallest absolute Gasteiger partial charge is 0.328 e. The molecule has 1 atom stereocenters. The first-order valence-corrected chi connectivity index (χ1v) is 21.1. The summed E-state index contributed by atoms with van der Waals surface area (Å²) in [5.41, 5.74) is -2.15. The quantitative estimate of drug-likeness (QED) is 0.0227. The molecule has 0 amide bonds. The maximum Gasteiger partial charge on any atom is 0.471 e. The first-order valence-electron chi connectivity index (χ1n) is 19.6. The van der Waals surface area contributed by atoms with E-state index in [9.17, 15) is 23.9 Å². The van der Waals surface area contributed by atoms with Crippen LogP contribution in [0.2, 0.25) is 0 Å². The number of carbonyl (C=O) groups is 2.